The third-order valence-corrected chi connectivity index (χ3v) is 4.60. The molecule has 2 fully saturated rings. The lowest BCUT2D eigenvalue weighted by molar-refractivity contribution is -0.144. The molecule has 0 aliphatic carbocycles. The molecule has 1 amide bonds. The summed E-state index contributed by atoms with van der Waals surface area (Å²) in [5.74, 6) is -0.704. The second-order valence-electron chi connectivity index (χ2n) is 5.93. The van der Waals surface area contributed by atoms with Gasteiger partial charge in [0.15, 0.2) is 0 Å². The molecule has 0 bridgehead atoms. The summed E-state index contributed by atoms with van der Waals surface area (Å²) < 4.78 is 0. The SMILES string of the molecule is CC(CN)C(=O)N1CCC(N2CCCC2C(=O)O)CC1. The maximum Gasteiger partial charge on any atom is 0.320 e. The molecule has 0 spiro atoms. The summed E-state index contributed by atoms with van der Waals surface area (Å²) in [5.41, 5.74) is 5.54. The predicted molar refractivity (Wildman–Crippen MR) is 75.2 cm³/mol. The molecule has 2 aliphatic rings. The van der Waals surface area contributed by atoms with Gasteiger partial charge >= 0.3 is 5.97 Å². The Morgan fingerprint density at radius 1 is 1.25 bits per heavy atom. The van der Waals surface area contributed by atoms with E-state index < -0.39 is 5.97 Å². The van der Waals surface area contributed by atoms with Crippen LogP contribution in [-0.4, -0.2) is 65.0 Å². The van der Waals surface area contributed by atoms with Crippen LogP contribution in [0.4, 0.5) is 0 Å². The van der Waals surface area contributed by atoms with Crippen LogP contribution in [0.2, 0.25) is 0 Å². The number of carboxylic acids is 1. The van der Waals surface area contributed by atoms with Crippen LogP contribution in [0.3, 0.4) is 0 Å². The quantitative estimate of drug-likeness (QED) is 0.765. The number of hydrogen-bond acceptors (Lipinski definition) is 4. The van der Waals surface area contributed by atoms with Crippen molar-refractivity contribution in [2.45, 2.75) is 44.7 Å². The summed E-state index contributed by atoms with van der Waals surface area (Å²) in [6.07, 6.45) is 3.44. The fourth-order valence-electron chi connectivity index (χ4n) is 3.32. The molecule has 2 heterocycles. The monoisotopic (exact) mass is 283 g/mol. The van der Waals surface area contributed by atoms with Gasteiger partial charge in [0.1, 0.15) is 6.04 Å². The van der Waals surface area contributed by atoms with Gasteiger partial charge in [0, 0.05) is 31.6 Å². The Kier molecular flexibility index (Phi) is 4.99. The van der Waals surface area contributed by atoms with Gasteiger partial charge in [0.25, 0.3) is 0 Å². The van der Waals surface area contributed by atoms with Gasteiger partial charge in [-0.3, -0.25) is 14.5 Å². The molecule has 2 rings (SSSR count). The van der Waals surface area contributed by atoms with Crippen molar-refractivity contribution in [1.82, 2.24) is 9.80 Å². The first-order valence-electron chi connectivity index (χ1n) is 7.52. The van der Waals surface area contributed by atoms with Crippen molar-refractivity contribution in [1.29, 1.82) is 0 Å². The molecule has 0 aromatic carbocycles. The van der Waals surface area contributed by atoms with Crippen molar-refractivity contribution in [3.05, 3.63) is 0 Å². The minimum absolute atomic E-state index is 0.120. The summed E-state index contributed by atoms with van der Waals surface area (Å²) in [7, 11) is 0. The normalized spacial score (nSPS) is 26.7. The minimum atomic E-state index is -0.710. The molecular weight excluding hydrogens is 258 g/mol. The molecule has 2 unspecified atom stereocenters. The second-order valence-corrected chi connectivity index (χ2v) is 5.93. The average Bonchev–Trinajstić information content (AvgIpc) is 2.95. The first-order valence-corrected chi connectivity index (χ1v) is 7.52. The lowest BCUT2D eigenvalue weighted by Crippen LogP contribution is -2.51. The molecule has 20 heavy (non-hydrogen) atoms. The number of carbonyl (C=O) groups excluding carboxylic acids is 1. The van der Waals surface area contributed by atoms with E-state index in [1.165, 1.54) is 0 Å². The van der Waals surface area contributed by atoms with Crippen LogP contribution in [0.5, 0.6) is 0 Å². The first-order chi connectivity index (χ1) is 9.54. The van der Waals surface area contributed by atoms with Crippen LogP contribution in [-0.2, 0) is 9.59 Å². The number of carbonyl (C=O) groups is 2. The van der Waals surface area contributed by atoms with E-state index in [1.54, 1.807) is 0 Å². The highest BCUT2D eigenvalue weighted by molar-refractivity contribution is 5.78. The third kappa shape index (κ3) is 3.12. The predicted octanol–water partition coefficient (Wildman–Crippen LogP) is 0.121. The van der Waals surface area contributed by atoms with Crippen molar-refractivity contribution < 1.29 is 14.7 Å². The number of amides is 1. The molecule has 2 saturated heterocycles. The topological polar surface area (TPSA) is 86.9 Å². The van der Waals surface area contributed by atoms with Crippen LogP contribution in [0.1, 0.15) is 32.6 Å². The zero-order chi connectivity index (χ0) is 14.7. The number of piperidine rings is 1. The number of rotatable bonds is 4. The van der Waals surface area contributed by atoms with E-state index in [2.05, 4.69) is 4.90 Å². The van der Waals surface area contributed by atoms with E-state index in [4.69, 9.17) is 5.73 Å². The molecule has 6 nitrogen and oxygen atoms in total. The minimum Gasteiger partial charge on any atom is -0.480 e. The van der Waals surface area contributed by atoms with Crippen molar-refractivity contribution in [3.63, 3.8) is 0 Å². The van der Waals surface area contributed by atoms with E-state index in [0.717, 1.165) is 45.3 Å². The Hall–Kier alpha value is -1.14. The summed E-state index contributed by atoms with van der Waals surface area (Å²) in [4.78, 5) is 27.3. The Morgan fingerprint density at radius 2 is 1.90 bits per heavy atom. The molecule has 3 N–H and O–H groups in total. The summed E-state index contributed by atoms with van der Waals surface area (Å²) in [5, 5.41) is 9.24. The lowest BCUT2D eigenvalue weighted by Gasteiger charge is -2.39. The Morgan fingerprint density at radius 3 is 2.45 bits per heavy atom. The van der Waals surface area contributed by atoms with Gasteiger partial charge in [0.05, 0.1) is 0 Å². The van der Waals surface area contributed by atoms with E-state index in [0.29, 0.717) is 12.6 Å². The van der Waals surface area contributed by atoms with Gasteiger partial charge in [-0.25, -0.2) is 0 Å². The Bertz CT molecular complexity index is 367. The molecule has 0 aromatic heterocycles. The third-order valence-electron chi connectivity index (χ3n) is 4.60. The molecule has 6 heteroatoms. The molecular formula is C14H25N3O3. The molecule has 114 valence electrons. The van der Waals surface area contributed by atoms with Crippen molar-refractivity contribution in [2.24, 2.45) is 11.7 Å². The highest BCUT2D eigenvalue weighted by Crippen LogP contribution is 2.26. The summed E-state index contributed by atoms with van der Waals surface area (Å²) in [6, 6.07) is -0.0268. The lowest BCUT2D eigenvalue weighted by atomic mass is 10.0. The number of nitrogens with zero attached hydrogens (tertiary/aromatic N) is 2. The first kappa shape index (κ1) is 15.3. The van der Waals surface area contributed by atoms with E-state index in [1.807, 2.05) is 11.8 Å². The van der Waals surface area contributed by atoms with E-state index in [9.17, 15) is 14.7 Å². The zero-order valence-corrected chi connectivity index (χ0v) is 12.1. The molecule has 0 aromatic rings. The number of nitrogens with two attached hydrogens (primary N) is 1. The Labute approximate surface area is 119 Å². The fourth-order valence-corrected chi connectivity index (χ4v) is 3.32. The average molecular weight is 283 g/mol. The number of hydrogen-bond donors (Lipinski definition) is 2. The highest BCUT2D eigenvalue weighted by Gasteiger charge is 2.37. The molecule has 2 aliphatic heterocycles. The largest absolute Gasteiger partial charge is 0.480 e. The number of likely N-dealkylation sites (tertiary alicyclic amines) is 2. The number of carboxylic acid groups (broad SMARTS) is 1. The van der Waals surface area contributed by atoms with Crippen LogP contribution < -0.4 is 5.73 Å². The maximum atomic E-state index is 12.1. The van der Waals surface area contributed by atoms with Crippen molar-refractivity contribution in [2.75, 3.05) is 26.2 Å². The van der Waals surface area contributed by atoms with Gasteiger partial charge in [-0.2, -0.15) is 0 Å². The van der Waals surface area contributed by atoms with E-state index >= 15 is 0 Å². The highest BCUT2D eigenvalue weighted by atomic mass is 16.4. The van der Waals surface area contributed by atoms with Crippen molar-refractivity contribution in [3.8, 4) is 0 Å². The van der Waals surface area contributed by atoms with Gasteiger partial charge < -0.3 is 15.7 Å². The fraction of sp³-hybridized carbons (Fsp3) is 0.857. The van der Waals surface area contributed by atoms with Crippen molar-refractivity contribution >= 4 is 11.9 Å². The molecule has 0 radical (unpaired) electrons. The smallest absolute Gasteiger partial charge is 0.320 e. The molecule has 2 atom stereocenters. The maximum absolute atomic E-state index is 12.1. The van der Waals surface area contributed by atoms with Gasteiger partial charge in [-0.05, 0) is 32.2 Å². The van der Waals surface area contributed by atoms with Crippen LogP contribution >= 0.6 is 0 Å². The second kappa shape index (κ2) is 6.54. The van der Waals surface area contributed by atoms with Gasteiger partial charge in [-0.15, -0.1) is 0 Å². The number of aliphatic carboxylic acids is 1. The van der Waals surface area contributed by atoms with Crippen LogP contribution in [0.15, 0.2) is 0 Å². The van der Waals surface area contributed by atoms with Gasteiger partial charge in [-0.1, -0.05) is 6.92 Å². The zero-order valence-electron chi connectivity index (χ0n) is 12.1. The molecule has 0 saturated carbocycles. The summed E-state index contributed by atoms with van der Waals surface area (Å²) >= 11 is 0. The Balaban J connectivity index is 1.88. The van der Waals surface area contributed by atoms with Gasteiger partial charge in [0.2, 0.25) is 5.91 Å². The van der Waals surface area contributed by atoms with Crippen LogP contribution in [0, 0.1) is 5.92 Å². The van der Waals surface area contributed by atoms with E-state index in [-0.39, 0.29) is 17.9 Å². The van der Waals surface area contributed by atoms with Crippen LogP contribution in [0.25, 0.3) is 0 Å². The summed E-state index contributed by atoms with van der Waals surface area (Å²) in [6.45, 7) is 4.55. The standard InChI is InChI=1S/C14H25N3O3/c1-10(9-15)13(18)16-7-4-11(5-8-16)17-6-2-3-12(17)14(19)20/h10-12H,2-9,15H2,1H3,(H,19,20).